The minimum atomic E-state index is -0.560. The maximum absolute atomic E-state index is 14.3. The summed E-state index contributed by atoms with van der Waals surface area (Å²) >= 11 is 3.41. The zero-order valence-electron chi connectivity index (χ0n) is 9.93. The standard InChI is InChI=1S/C13H17BrFNO/c1-17-10-6-5-9(14)11(12(10)15)13(16)7-3-2-4-8-13/h5-6H,2-4,7-8,16H2,1H3. The minimum absolute atomic E-state index is 0.263. The zero-order chi connectivity index (χ0) is 12.5. The Kier molecular flexibility index (Phi) is 3.73. The van der Waals surface area contributed by atoms with Crippen LogP contribution in [-0.4, -0.2) is 7.11 Å². The van der Waals surface area contributed by atoms with Crippen molar-refractivity contribution in [1.29, 1.82) is 0 Å². The van der Waals surface area contributed by atoms with E-state index in [0.29, 0.717) is 5.56 Å². The van der Waals surface area contributed by atoms with Crippen molar-refractivity contribution in [3.63, 3.8) is 0 Å². The predicted molar refractivity (Wildman–Crippen MR) is 69.6 cm³/mol. The molecule has 0 atom stereocenters. The third kappa shape index (κ3) is 2.33. The Labute approximate surface area is 109 Å². The average molecular weight is 302 g/mol. The molecule has 17 heavy (non-hydrogen) atoms. The number of hydrogen-bond donors (Lipinski definition) is 1. The SMILES string of the molecule is COc1ccc(Br)c(C2(N)CCCCC2)c1F. The zero-order valence-corrected chi connectivity index (χ0v) is 11.5. The number of rotatable bonds is 2. The second kappa shape index (κ2) is 4.94. The lowest BCUT2D eigenvalue weighted by Gasteiger charge is -2.35. The number of nitrogens with two attached hydrogens (primary N) is 1. The van der Waals surface area contributed by atoms with Crippen LogP contribution in [0.2, 0.25) is 0 Å². The Bertz CT molecular complexity index is 416. The fourth-order valence-corrected chi connectivity index (χ4v) is 3.28. The highest BCUT2D eigenvalue weighted by atomic mass is 79.9. The number of halogens is 2. The summed E-state index contributed by atoms with van der Waals surface area (Å²) in [5.74, 6) is -0.0649. The van der Waals surface area contributed by atoms with Crippen LogP contribution in [0, 0.1) is 5.82 Å². The van der Waals surface area contributed by atoms with E-state index in [0.717, 1.165) is 30.2 Å². The maximum atomic E-state index is 14.3. The van der Waals surface area contributed by atoms with Crippen LogP contribution < -0.4 is 10.5 Å². The van der Waals surface area contributed by atoms with Crippen molar-refractivity contribution in [2.45, 2.75) is 37.6 Å². The second-order valence-electron chi connectivity index (χ2n) is 4.66. The lowest BCUT2D eigenvalue weighted by Crippen LogP contribution is -2.39. The fraction of sp³-hybridized carbons (Fsp3) is 0.538. The molecule has 0 aromatic heterocycles. The van der Waals surface area contributed by atoms with Crippen LogP contribution in [0.4, 0.5) is 4.39 Å². The molecule has 0 unspecified atom stereocenters. The van der Waals surface area contributed by atoms with Crippen molar-refractivity contribution < 1.29 is 9.13 Å². The molecule has 0 bridgehead atoms. The Balaban J connectivity index is 2.49. The summed E-state index contributed by atoms with van der Waals surface area (Å²) in [6.07, 6.45) is 4.95. The average Bonchev–Trinajstić information content (AvgIpc) is 2.30. The normalized spacial score (nSPS) is 19.1. The number of benzene rings is 1. The van der Waals surface area contributed by atoms with E-state index in [-0.39, 0.29) is 11.6 Å². The number of methoxy groups -OCH3 is 1. The first-order chi connectivity index (χ1) is 8.08. The molecule has 2 N–H and O–H groups in total. The maximum Gasteiger partial charge on any atom is 0.171 e. The molecule has 1 aromatic rings. The van der Waals surface area contributed by atoms with Gasteiger partial charge < -0.3 is 10.5 Å². The Morgan fingerprint density at radius 2 is 1.94 bits per heavy atom. The van der Waals surface area contributed by atoms with Gasteiger partial charge in [0.15, 0.2) is 11.6 Å². The topological polar surface area (TPSA) is 35.2 Å². The molecule has 0 amide bonds. The Morgan fingerprint density at radius 3 is 2.53 bits per heavy atom. The van der Waals surface area contributed by atoms with E-state index in [1.807, 2.05) is 0 Å². The largest absolute Gasteiger partial charge is 0.494 e. The molecular formula is C13H17BrFNO. The lowest BCUT2D eigenvalue weighted by atomic mass is 9.77. The summed E-state index contributed by atoms with van der Waals surface area (Å²) in [6, 6.07) is 3.43. The highest BCUT2D eigenvalue weighted by Crippen LogP contribution is 2.41. The molecule has 0 heterocycles. The van der Waals surface area contributed by atoms with Gasteiger partial charge in [-0.15, -0.1) is 0 Å². The van der Waals surface area contributed by atoms with E-state index >= 15 is 0 Å². The molecule has 1 fully saturated rings. The van der Waals surface area contributed by atoms with Crippen molar-refractivity contribution >= 4 is 15.9 Å². The van der Waals surface area contributed by atoms with Gasteiger partial charge in [0, 0.05) is 15.6 Å². The molecule has 94 valence electrons. The van der Waals surface area contributed by atoms with Crippen molar-refractivity contribution in [2.24, 2.45) is 5.73 Å². The Morgan fingerprint density at radius 1 is 1.29 bits per heavy atom. The van der Waals surface area contributed by atoms with E-state index in [4.69, 9.17) is 10.5 Å². The fourth-order valence-electron chi connectivity index (χ4n) is 2.58. The second-order valence-corrected chi connectivity index (χ2v) is 5.51. The van der Waals surface area contributed by atoms with E-state index in [9.17, 15) is 4.39 Å². The van der Waals surface area contributed by atoms with Crippen molar-refractivity contribution in [3.8, 4) is 5.75 Å². The van der Waals surface area contributed by atoms with E-state index in [1.54, 1.807) is 12.1 Å². The highest BCUT2D eigenvalue weighted by Gasteiger charge is 2.34. The van der Waals surface area contributed by atoms with Crippen LogP contribution in [0.3, 0.4) is 0 Å². The smallest absolute Gasteiger partial charge is 0.171 e. The summed E-state index contributed by atoms with van der Waals surface area (Å²) in [5.41, 5.74) is 6.39. The van der Waals surface area contributed by atoms with Gasteiger partial charge >= 0.3 is 0 Å². The van der Waals surface area contributed by atoms with Gasteiger partial charge in [0.05, 0.1) is 7.11 Å². The first kappa shape index (κ1) is 12.8. The van der Waals surface area contributed by atoms with Gasteiger partial charge in [0.25, 0.3) is 0 Å². The van der Waals surface area contributed by atoms with Crippen LogP contribution in [0.15, 0.2) is 16.6 Å². The molecular weight excluding hydrogens is 285 g/mol. The molecule has 2 nitrogen and oxygen atoms in total. The summed E-state index contributed by atoms with van der Waals surface area (Å²) in [4.78, 5) is 0. The summed E-state index contributed by atoms with van der Waals surface area (Å²) < 4.78 is 20.1. The Hall–Kier alpha value is -0.610. The molecule has 1 aliphatic rings. The summed E-state index contributed by atoms with van der Waals surface area (Å²) in [7, 11) is 1.47. The van der Waals surface area contributed by atoms with Crippen LogP contribution in [-0.2, 0) is 5.54 Å². The number of ether oxygens (including phenoxy) is 1. The molecule has 4 heteroatoms. The van der Waals surface area contributed by atoms with E-state index < -0.39 is 5.54 Å². The van der Waals surface area contributed by atoms with Gasteiger partial charge in [-0.1, -0.05) is 35.2 Å². The first-order valence-corrected chi connectivity index (χ1v) is 6.69. The van der Waals surface area contributed by atoms with Gasteiger partial charge in [-0.05, 0) is 25.0 Å². The summed E-state index contributed by atoms with van der Waals surface area (Å²) in [6.45, 7) is 0. The molecule has 1 aromatic carbocycles. The van der Waals surface area contributed by atoms with Crippen molar-refractivity contribution in [3.05, 3.63) is 28.0 Å². The molecule has 0 aliphatic heterocycles. The third-order valence-corrected chi connectivity index (χ3v) is 4.18. The van der Waals surface area contributed by atoms with Crippen LogP contribution in [0.1, 0.15) is 37.7 Å². The van der Waals surface area contributed by atoms with Crippen LogP contribution >= 0.6 is 15.9 Å². The van der Waals surface area contributed by atoms with Crippen molar-refractivity contribution in [2.75, 3.05) is 7.11 Å². The molecule has 2 rings (SSSR count). The minimum Gasteiger partial charge on any atom is -0.494 e. The van der Waals surface area contributed by atoms with E-state index in [2.05, 4.69) is 15.9 Å². The van der Waals surface area contributed by atoms with Gasteiger partial charge in [-0.2, -0.15) is 0 Å². The van der Waals surface area contributed by atoms with Crippen LogP contribution in [0.5, 0.6) is 5.75 Å². The molecule has 0 spiro atoms. The van der Waals surface area contributed by atoms with E-state index in [1.165, 1.54) is 13.5 Å². The van der Waals surface area contributed by atoms with Crippen LogP contribution in [0.25, 0.3) is 0 Å². The monoisotopic (exact) mass is 301 g/mol. The molecule has 0 saturated heterocycles. The third-order valence-electron chi connectivity index (χ3n) is 3.52. The predicted octanol–water partition coefficient (Wildman–Crippen LogP) is 3.71. The molecule has 1 saturated carbocycles. The van der Waals surface area contributed by atoms with Crippen molar-refractivity contribution in [1.82, 2.24) is 0 Å². The number of hydrogen-bond acceptors (Lipinski definition) is 2. The molecule has 1 aliphatic carbocycles. The lowest BCUT2D eigenvalue weighted by molar-refractivity contribution is 0.286. The van der Waals surface area contributed by atoms with Gasteiger partial charge in [-0.25, -0.2) is 4.39 Å². The summed E-state index contributed by atoms with van der Waals surface area (Å²) in [5, 5.41) is 0. The quantitative estimate of drug-likeness (QED) is 0.903. The van der Waals surface area contributed by atoms with Gasteiger partial charge in [0.2, 0.25) is 0 Å². The first-order valence-electron chi connectivity index (χ1n) is 5.90. The highest BCUT2D eigenvalue weighted by molar-refractivity contribution is 9.10. The van der Waals surface area contributed by atoms with Gasteiger partial charge in [-0.3, -0.25) is 0 Å². The molecule has 0 radical (unpaired) electrons. The van der Waals surface area contributed by atoms with Gasteiger partial charge in [0.1, 0.15) is 0 Å².